The van der Waals surface area contributed by atoms with Crippen LogP contribution in [-0.4, -0.2) is 59.3 Å². The number of amides is 1. The Balaban J connectivity index is 1.89. The third kappa shape index (κ3) is 2.21. The van der Waals surface area contributed by atoms with Crippen LogP contribution in [0.1, 0.15) is 22.4 Å². The first-order valence-electron chi connectivity index (χ1n) is 5.87. The number of carbonyl (C=O) groups excluding carboxylic acids is 1. The molecule has 1 fully saturated rings. The zero-order chi connectivity index (χ0) is 13.2. The quantitative estimate of drug-likeness (QED) is 0.822. The van der Waals surface area contributed by atoms with Crippen molar-refractivity contribution in [1.29, 1.82) is 0 Å². The number of hydrogen-bond donors (Lipinski definition) is 1. The average Bonchev–Trinajstić information content (AvgIpc) is 3.09. The molecule has 3 rings (SSSR count). The monoisotopic (exact) mass is 279 g/mol. The van der Waals surface area contributed by atoms with E-state index in [0.717, 1.165) is 11.5 Å². The van der Waals surface area contributed by atoms with Gasteiger partial charge < -0.3 is 4.90 Å². The minimum Gasteiger partial charge on any atom is -0.325 e. The second kappa shape index (κ2) is 5.00. The number of rotatable bonds is 2. The molecule has 2 aromatic rings. The van der Waals surface area contributed by atoms with Crippen LogP contribution in [-0.2, 0) is 7.05 Å². The van der Waals surface area contributed by atoms with Crippen molar-refractivity contribution >= 4 is 17.7 Å². The summed E-state index contributed by atoms with van der Waals surface area (Å²) < 4.78 is 1.58. The summed E-state index contributed by atoms with van der Waals surface area (Å²) in [5, 5.41) is 18.0. The minimum atomic E-state index is -0.139. The van der Waals surface area contributed by atoms with Gasteiger partial charge in [-0.1, -0.05) is 5.21 Å². The van der Waals surface area contributed by atoms with Crippen LogP contribution in [0.4, 0.5) is 0 Å². The Morgan fingerprint density at radius 2 is 2.47 bits per heavy atom. The maximum atomic E-state index is 12.6. The maximum Gasteiger partial charge on any atom is 0.272 e. The van der Waals surface area contributed by atoms with Gasteiger partial charge in [0.15, 0.2) is 5.82 Å². The van der Waals surface area contributed by atoms with Crippen LogP contribution in [0, 0.1) is 0 Å². The topological polar surface area (TPSA) is 92.6 Å². The Kier molecular flexibility index (Phi) is 3.20. The Hall–Kier alpha value is -1.90. The van der Waals surface area contributed by atoms with Crippen molar-refractivity contribution in [2.24, 2.45) is 7.05 Å². The molecule has 100 valence electrons. The number of aromatic nitrogens is 6. The van der Waals surface area contributed by atoms with Gasteiger partial charge in [-0.25, -0.2) is 0 Å². The molecule has 0 spiro atoms. The number of aryl methyl sites for hydroxylation is 1. The van der Waals surface area contributed by atoms with Gasteiger partial charge in [0.25, 0.3) is 5.91 Å². The van der Waals surface area contributed by atoms with E-state index in [-0.39, 0.29) is 11.9 Å². The summed E-state index contributed by atoms with van der Waals surface area (Å²) in [6.07, 6.45) is 1.62. The van der Waals surface area contributed by atoms with E-state index in [1.54, 1.807) is 40.7 Å². The van der Waals surface area contributed by atoms with E-state index in [9.17, 15) is 4.79 Å². The second-order valence-corrected chi connectivity index (χ2v) is 5.35. The van der Waals surface area contributed by atoms with E-state index < -0.39 is 0 Å². The van der Waals surface area contributed by atoms with Crippen LogP contribution in [0.3, 0.4) is 0 Å². The Bertz CT molecular complexity index is 566. The third-order valence-corrected chi connectivity index (χ3v) is 4.11. The van der Waals surface area contributed by atoms with Crippen molar-refractivity contribution in [3.05, 3.63) is 23.8 Å². The molecule has 0 aliphatic carbocycles. The molecule has 0 saturated carbocycles. The van der Waals surface area contributed by atoms with Crippen molar-refractivity contribution < 1.29 is 4.79 Å². The number of carbonyl (C=O) groups is 1. The lowest BCUT2D eigenvalue weighted by Crippen LogP contribution is -2.42. The molecule has 1 aliphatic heterocycles. The van der Waals surface area contributed by atoms with Gasteiger partial charge in [0.05, 0.1) is 0 Å². The van der Waals surface area contributed by atoms with Crippen LogP contribution in [0.15, 0.2) is 12.3 Å². The largest absolute Gasteiger partial charge is 0.325 e. The molecule has 3 heterocycles. The fourth-order valence-corrected chi connectivity index (χ4v) is 3.15. The number of tetrazole rings is 1. The van der Waals surface area contributed by atoms with Crippen molar-refractivity contribution in [1.82, 2.24) is 35.3 Å². The lowest BCUT2D eigenvalue weighted by Gasteiger charge is -2.33. The standard InChI is InChI=1S/C10H13N7OS/c1-16-7(2-3-11-16)10(18)17-4-5-19-6-8(17)9-12-14-15-13-9/h2-3,8H,4-6H2,1H3,(H,12,13,14,15). The van der Waals surface area contributed by atoms with Crippen molar-refractivity contribution in [2.45, 2.75) is 6.04 Å². The van der Waals surface area contributed by atoms with Gasteiger partial charge in [-0.15, -0.1) is 10.2 Å². The molecule has 1 unspecified atom stereocenters. The summed E-state index contributed by atoms with van der Waals surface area (Å²) in [5.41, 5.74) is 0.570. The SMILES string of the molecule is Cn1nccc1C(=O)N1CCSCC1c1nn[nH]n1. The molecule has 1 saturated heterocycles. The zero-order valence-electron chi connectivity index (χ0n) is 10.4. The van der Waals surface area contributed by atoms with Gasteiger partial charge in [-0.3, -0.25) is 9.48 Å². The molecule has 1 aliphatic rings. The smallest absolute Gasteiger partial charge is 0.272 e. The molecule has 9 heteroatoms. The molecule has 19 heavy (non-hydrogen) atoms. The molecular weight excluding hydrogens is 266 g/mol. The van der Waals surface area contributed by atoms with Gasteiger partial charge in [0, 0.05) is 31.3 Å². The highest BCUT2D eigenvalue weighted by molar-refractivity contribution is 7.99. The van der Waals surface area contributed by atoms with Gasteiger partial charge in [-0.05, 0) is 6.07 Å². The summed E-state index contributed by atoms with van der Waals surface area (Å²) in [7, 11) is 1.76. The fourth-order valence-electron chi connectivity index (χ4n) is 2.10. The number of aromatic amines is 1. The predicted octanol–water partition coefficient (Wildman–Crippen LogP) is -0.137. The first kappa shape index (κ1) is 12.2. The average molecular weight is 279 g/mol. The van der Waals surface area contributed by atoms with Crippen LogP contribution in [0.5, 0.6) is 0 Å². The fraction of sp³-hybridized carbons (Fsp3) is 0.500. The van der Waals surface area contributed by atoms with E-state index in [4.69, 9.17) is 0 Å². The summed E-state index contributed by atoms with van der Waals surface area (Å²) in [4.78, 5) is 14.3. The minimum absolute atomic E-state index is 0.0462. The molecule has 2 aromatic heterocycles. The van der Waals surface area contributed by atoms with Crippen LogP contribution < -0.4 is 0 Å². The number of hydrogen-bond acceptors (Lipinski definition) is 6. The summed E-state index contributed by atoms with van der Waals surface area (Å²) in [6.45, 7) is 0.674. The van der Waals surface area contributed by atoms with E-state index >= 15 is 0 Å². The first-order chi connectivity index (χ1) is 9.27. The highest BCUT2D eigenvalue weighted by atomic mass is 32.2. The lowest BCUT2D eigenvalue weighted by molar-refractivity contribution is 0.0683. The van der Waals surface area contributed by atoms with Crippen LogP contribution >= 0.6 is 11.8 Å². The van der Waals surface area contributed by atoms with Crippen LogP contribution in [0.2, 0.25) is 0 Å². The Morgan fingerprint density at radius 1 is 1.58 bits per heavy atom. The predicted molar refractivity (Wildman–Crippen MR) is 68.5 cm³/mol. The Labute approximate surface area is 113 Å². The van der Waals surface area contributed by atoms with Crippen molar-refractivity contribution in [2.75, 3.05) is 18.1 Å². The number of H-pyrrole nitrogens is 1. The highest BCUT2D eigenvalue weighted by Crippen LogP contribution is 2.28. The van der Waals surface area contributed by atoms with E-state index in [1.807, 2.05) is 0 Å². The van der Waals surface area contributed by atoms with E-state index in [1.165, 1.54) is 0 Å². The highest BCUT2D eigenvalue weighted by Gasteiger charge is 2.32. The van der Waals surface area contributed by atoms with Gasteiger partial charge >= 0.3 is 0 Å². The molecule has 1 atom stereocenters. The van der Waals surface area contributed by atoms with Gasteiger partial charge in [0.2, 0.25) is 0 Å². The molecule has 8 nitrogen and oxygen atoms in total. The summed E-state index contributed by atoms with van der Waals surface area (Å²) >= 11 is 1.79. The number of nitrogens with zero attached hydrogens (tertiary/aromatic N) is 6. The molecular formula is C10H13N7OS. The summed E-state index contributed by atoms with van der Waals surface area (Å²) in [5.74, 6) is 2.21. The van der Waals surface area contributed by atoms with Crippen LogP contribution in [0.25, 0.3) is 0 Å². The van der Waals surface area contributed by atoms with Crippen molar-refractivity contribution in [3.8, 4) is 0 Å². The number of thioether (sulfide) groups is 1. The van der Waals surface area contributed by atoms with Crippen molar-refractivity contribution in [3.63, 3.8) is 0 Å². The molecule has 0 bridgehead atoms. The molecule has 1 N–H and O–H groups in total. The van der Waals surface area contributed by atoms with E-state index in [2.05, 4.69) is 25.7 Å². The normalized spacial score (nSPS) is 19.6. The van der Waals surface area contributed by atoms with Gasteiger partial charge in [-0.2, -0.15) is 22.1 Å². The summed E-state index contributed by atoms with van der Waals surface area (Å²) in [6, 6.07) is 1.58. The molecule has 0 radical (unpaired) electrons. The lowest BCUT2D eigenvalue weighted by atomic mass is 10.2. The zero-order valence-corrected chi connectivity index (χ0v) is 11.2. The maximum absolute atomic E-state index is 12.6. The number of nitrogens with one attached hydrogen (secondary N) is 1. The third-order valence-electron chi connectivity index (χ3n) is 3.09. The van der Waals surface area contributed by atoms with Gasteiger partial charge in [0.1, 0.15) is 11.7 Å². The Morgan fingerprint density at radius 3 is 3.16 bits per heavy atom. The molecule has 1 amide bonds. The first-order valence-corrected chi connectivity index (χ1v) is 7.03. The molecule has 0 aromatic carbocycles. The van der Waals surface area contributed by atoms with E-state index in [0.29, 0.717) is 18.1 Å². The second-order valence-electron chi connectivity index (χ2n) is 4.20.